The fourth-order valence-electron chi connectivity index (χ4n) is 3.27. The van der Waals surface area contributed by atoms with Crippen LogP contribution >= 0.6 is 0 Å². The zero-order valence-electron chi connectivity index (χ0n) is 13.0. The average molecular weight is 276 g/mol. The summed E-state index contributed by atoms with van der Waals surface area (Å²) in [6.45, 7) is 7.27. The number of benzene rings is 1. The van der Waals surface area contributed by atoms with Gasteiger partial charge in [0.15, 0.2) is 0 Å². The number of rotatable bonds is 7. The Bertz CT molecular complexity index is 407. The zero-order chi connectivity index (χ0) is 14.5. The smallest absolute Gasteiger partial charge is 0.0580 e. The van der Waals surface area contributed by atoms with Crippen molar-refractivity contribution in [1.29, 1.82) is 0 Å². The third-order valence-electron chi connectivity index (χ3n) is 4.54. The molecule has 2 rings (SSSR count). The molecule has 1 aliphatic rings. The standard InChI is InChI=1S/C17H28N2O/c1-4-20-16-9-14(10-16)8-15(19-18)11-17-12(2)6-5-7-13(17)3/h5-7,14-16,19H,4,8-11,18H2,1-3H3. The van der Waals surface area contributed by atoms with Crippen molar-refractivity contribution < 1.29 is 4.74 Å². The van der Waals surface area contributed by atoms with Crippen molar-refractivity contribution in [1.82, 2.24) is 5.43 Å². The Kier molecular flexibility index (Phi) is 5.58. The molecule has 0 amide bonds. The number of aryl methyl sites for hydroxylation is 2. The molecular formula is C17H28N2O. The van der Waals surface area contributed by atoms with Gasteiger partial charge < -0.3 is 4.74 Å². The molecule has 0 aromatic heterocycles. The third-order valence-corrected chi connectivity index (χ3v) is 4.54. The quantitative estimate of drug-likeness (QED) is 0.594. The first kappa shape index (κ1) is 15.5. The van der Waals surface area contributed by atoms with Crippen LogP contribution in [0, 0.1) is 19.8 Å². The molecule has 1 atom stereocenters. The van der Waals surface area contributed by atoms with Crippen LogP contribution < -0.4 is 11.3 Å². The van der Waals surface area contributed by atoms with Gasteiger partial charge in [0.1, 0.15) is 0 Å². The Labute approximate surface area is 122 Å². The van der Waals surface area contributed by atoms with Crippen molar-refractivity contribution >= 4 is 0 Å². The van der Waals surface area contributed by atoms with Crippen LogP contribution in [0.5, 0.6) is 0 Å². The summed E-state index contributed by atoms with van der Waals surface area (Å²) in [5, 5.41) is 0. The number of hydrogen-bond donors (Lipinski definition) is 2. The molecule has 20 heavy (non-hydrogen) atoms. The van der Waals surface area contributed by atoms with Crippen LogP contribution in [0.25, 0.3) is 0 Å². The highest BCUT2D eigenvalue weighted by Crippen LogP contribution is 2.34. The van der Waals surface area contributed by atoms with Crippen LogP contribution in [0.3, 0.4) is 0 Å². The molecule has 0 heterocycles. The first-order chi connectivity index (χ1) is 9.63. The number of ether oxygens (including phenoxy) is 1. The van der Waals surface area contributed by atoms with E-state index in [1.54, 1.807) is 0 Å². The molecule has 1 fully saturated rings. The minimum absolute atomic E-state index is 0.363. The second kappa shape index (κ2) is 7.21. The van der Waals surface area contributed by atoms with Crippen molar-refractivity contribution in [3.05, 3.63) is 34.9 Å². The Morgan fingerprint density at radius 1 is 1.30 bits per heavy atom. The highest BCUT2D eigenvalue weighted by atomic mass is 16.5. The Morgan fingerprint density at radius 3 is 2.50 bits per heavy atom. The van der Waals surface area contributed by atoms with Gasteiger partial charge in [-0.3, -0.25) is 11.3 Å². The van der Waals surface area contributed by atoms with E-state index in [9.17, 15) is 0 Å². The molecule has 0 bridgehead atoms. The lowest BCUT2D eigenvalue weighted by molar-refractivity contribution is -0.0290. The molecule has 0 aliphatic heterocycles. The van der Waals surface area contributed by atoms with E-state index in [1.165, 1.54) is 29.5 Å². The van der Waals surface area contributed by atoms with Gasteiger partial charge in [0.05, 0.1) is 6.10 Å². The van der Waals surface area contributed by atoms with Crippen LogP contribution in [-0.4, -0.2) is 18.8 Å². The molecule has 1 unspecified atom stereocenters. The lowest BCUT2D eigenvalue weighted by atomic mass is 9.77. The van der Waals surface area contributed by atoms with E-state index in [4.69, 9.17) is 10.6 Å². The Hall–Kier alpha value is -0.900. The van der Waals surface area contributed by atoms with E-state index < -0.39 is 0 Å². The first-order valence-electron chi connectivity index (χ1n) is 7.76. The van der Waals surface area contributed by atoms with Gasteiger partial charge in [-0.2, -0.15) is 0 Å². The van der Waals surface area contributed by atoms with Gasteiger partial charge in [0, 0.05) is 12.6 Å². The summed E-state index contributed by atoms with van der Waals surface area (Å²) >= 11 is 0. The van der Waals surface area contributed by atoms with E-state index >= 15 is 0 Å². The molecule has 3 nitrogen and oxygen atoms in total. The van der Waals surface area contributed by atoms with E-state index in [1.807, 2.05) is 0 Å². The topological polar surface area (TPSA) is 47.3 Å². The van der Waals surface area contributed by atoms with Crippen molar-refractivity contribution in [2.24, 2.45) is 11.8 Å². The molecule has 3 heteroatoms. The van der Waals surface area contributed by atoms with Gasteiger partial charge in [0.25, 0.3) is 0 Å². The van der Waals surface area contributed by atoms with Crippen molar-refractivity contribution in [3.8, 4) is 0 Å². The largest absolute Gasteiger partial charge is 0.378 e. The predicted molar refractivity (Wildman–Crippen MR) is 83.5 cm³/mol. The normalized spacial score (nSPS) is 23.4. The maximum Gasteiger partial charge on any atom is 0.0580 e. The van der Waals surface area contributed by atoms with Crippen molar-refractivity contribution in [3.63, 3.8) is 0 Å². The van der Waals surface area contributed by atoms with E-state index in [2.05, 4.69) is 44.4 Å². The summed E-state index contributed by atoms with van der Waals surface area (Å²) < 4.78 is 5.63. The van der Waals surface area contributed by atoms with Crippen LogP contribution in [0.2, 0.25) is 0 Å². The summed E-state index contributed by atoms with van der Waals surface area (Å²) in [6.07, 6.45) is 5.04. The van der Waals surface area contributed by atoms with Crippen LogP contribution in [-0.2, 0) is 11.2 Å². The summed E-state index contributed by atoms with van der Waals surface area (Å²) in [6, 6.07) is 6.86. The molecule has 112 valence electrons. The maximum absolute atomic E-state index is 5.76. The number of hydrazine groups is 1. The fraction of sp³-hybridized carbons (Fsp3) is 0.647. The average Bonchev–Trinajstić information content (AvgIpc) is 2.38. The molecule has 0 spiro atoms. The van der Waals surface area contributed by atoms with Gasteiger partial charge in [-0.25, -0.2) is 0 Å². The molecule has 1 saturated carbocycles. The van der Waals surface area contributed by atoms with Gasteiger partial charge in [-0.1, -0.05) is 18.2 Å². The Morgan fingerprint density at radius 2 is 1.95 bits per heavy atom. The number of nitrogens with one attached hydrogen (secondary N) is 1. The summed E-state index contributed by atoms with van der Waals surface area (Å²) in [5.74, 6) is 6.52. The van der Waals surface area contributed by atoms with Gasteiger partial charge in [-0.05, 0) is 69.1 Å². The molecule has 1 aromatic carbocycles. The van der Waals surface area contributed by atoms with Gasteiger partial charge in [0.2, 0.25) is 0 Å². The van der Waals surface area contributed by atoms with E-state index in [-0.39, 0.29) is 0 Å². The molecule has 1 aliphatic carbocycles. The number of hydrogen-bond acceptors (Lipinski definition) is 3. The minimum atomic E-state index is 0.363. The zero-order valence-corrected chi connectivity index (χ0v) is 13.0. The molecule has 0 radical (unpaired) electrons. The predicted octanol–water partition coefficient (Wildman–Crippen LogP) is 2.88. The monoisotopic (exact) mass is 276 g/mol. The second-order valence-electron chi connectivity index (χ2n) is 6.09. The molecular weight excluding hydrogens is 248 g/mol. The Balaban J connectivity index is 1.87. The summed E-state index contributed by atoms with van der Waals surface area (Å²) in [4.78, 5) is 0. The first-order valence-corrected chi connectivity index (χ1v) is 7.76. The lowest BCUT2D eigenvalue weighted by Gasteiger charge is -2.37. The van der Waals surface area contributed by atoms with Gasteiger partial charge >= 0.3 is 0 Å². The van der Waals surface area contributed by atoms with Crippen molar-refractivity contribution in [2.75, 3.05) is 6.61 Å². The third kappa shape index (κ3) is 3.81. The highest BCUT2D eigenvalue weighted by Gasteiger charge is 2.31. The second-order valence-corrected chi connectivity index (χ2v) is 6.09. The highest BCUT2D eigenvalue weighted by molar-refractivity contribution is 5.34. The van der Waals surface area contributed by atoms with E-state index in [0.717, 1.165) is 25.4 Å². The minimum Gasteiger partial charge on any atom is -0.378 e. The van der Waals surface area contributed by atoms with Crippen molar-refractivity contribution in [2.45, 2.75) is 58.6 Å². The summed E-state index contributed by atoms with van der Waals surface area (Å²) in [5.41, 5.74) is 7.18. The van der Waals surface area contributed by atoms with Crippen LogP contribution in [0.15, 0.2) is 18.2 Å². The number of nitrogens with two attached hydrogens (primary N) is 1. The van der Waals surface area contributed by atoms with Gasteiger partial charge in [-0.15, -0.1) is 0 Å². The molecule has 0 saturated heterocycles. The van der Waals surface area contributed by atoms with Crippen LogP contribution in [0.4, 0.5) is 0 Å². The fourth-order valence-corrected chi connectivity index (χ4v) is 3.27. The van der Waals surface area contributed by atoms with E-state index in [0.29, 0.717) is 12.1 Å². The lowest BCUT2D eigenvalue weighted by Crippen LogP contribution is -2.42. The molecule has 3 N–H and O–H groups in total. The maximum atomic E-state index is 5.76. The SMILES string of the molecule is CCOC1CC(CC(Cc2c(C)cccc2C)NN)C1. The molecule has 1 aromatic rings. The summed E-state index contributed by atoms with van der Waals surface area (Å²) in [7, 11) is 0. The van der Waals surface area contributed by atoms with Crippen LogP contribution in [0.1, 0.15) is 42.9 Å².